The number of carbonyl (C=O) groups is 1. The van der Waals surface area contributed by atoms with Crippen LogP contribution in [-0.4, -0.2) is 20.9 Å². The van der Waals surface area contributed by atoms with E-state index in [2.05, 4.69) is 10.0 Å². The molecule has 0 aliphatic heterocycles. The number of para-hydroxylation sites is 2. The minimum Gasteiger partial charge on any atom is -0.483 e. The molecule has 6 nitrogen and oxygen atoms in total. The maximum Gasteiger partial charge on any atom is 0.262 e. The van der Waals surface area contributed by atoms with E-state index in [4.69, 9.17) is 4.74 Å². The molecule has 0 spiro atoms. The van der Waals surface area contributed by atoms with Crippen molar-refractivity contribution in [2.24, 2.45) is 0 Å². The Labute approximate surface area is 177 Å². The second-order valence-electron chi connectivity index (χ2n) is 7.00. The van der Waals surface area contributed by atoms with E-state index < -0.39 is 10.0 Å². The Bertz CT molecular complexity index is 1140. The van der Waals surface area contributed by atoms with Crippen LogP contribution in [-0.2, 0) is 14.8 Å². The molecular weight excluding hydrogens is 400 g/mol. The quantitative estimate of drug-likeness (QED) is 0.588. The molecule has 3 aromatic carbocycles. The zero-order valence-corrected chi connectivity index (χ0v) is 17.9. The van der Waals surface area contributed by atoms with Gasteiger partial charge in [-0.05, 0) is 67.8 Å². The Hall–Kier alpha value is -3.32. The molecule has 7 heteroatoms. The van der Waals surface area contributed by atoms with Gasteiger partial charge in [-0.2, -0.15) is 0 Å². The third-order valence-electron chi connectivity index (χ3n) is 4.59. The highest BCUT2D eigenvalue weighted by Gasteiger charge is 2.15. The highest BCUT2D eigenvalue weighted by Crippen LogP contribution is 2.23. The van der Waals surface area contributed by atoms with Crippen molar-refractivity contribution in [2.75, 3.05) is 16.6 Å². The summed E-state index contributed by atoms with van der Waals surface area (Å²) in [5, 5.41) is 2.71. The first-order chi connectivity index (χ1) is 14.3. The van der Waals surface area contributed by atoms with E-state index in [0.29, 0.717) is 17.1 Å². The predicted octanol–water partition coefficient (Wildman–Crippen LogP) is 4.43. The fourth-order valence-corrected chi connectivity index (χ4v) is 4.10. The Balaban J connectivity index is 1.62. The first kappa shape index (κ1) is 21.4. The van der Waals surface area contributed by atoms with E-state index in [9.17, 15) is 13.2 Å². The van der Waals surface area contributed by atoms with Crippen molar-refractivity contribution in [3.63, 3.8) is 0 Å². The molecule has 0 saturated carbocycles. The fraction of sp³-hybridized carbons (Fsp3) is 0.174. The summed E-state index contributed by atoms with van der Waals surface area (Å²) in [4.78, 5) is 12.3. The van der Waals surface area contributed by atoms with E-state index in [0.717, 1.165) is 16.7 Å². The molecule has 0 heterocycles. The number of carbonyl (C=O) groups excluding carboxylic acids is 1. The largest absolute Gasteiger partial charge is 0.483 e. The van der Waals surface area contributed by atoms with Gasteiger partial charge in [-0.1, -0.05) is 36.4 Å². The molecule has 30 heavy (non-hydrogen) atoms. The lowest BCUT2D eigenvalue weighted by Gasteiger charge is -2.13. The summed E-state index contributed by atoms with van der Waals surface area (Å²) in [6.45, 7) is 5.53. The zero-order chi connectivity index (χ0) is 21.7. The van der Waals surface area contributed by atoms with E-state index >= 15 is 0 Å². The van der Waals surface area contributed by atoms with Gasteiger partial charge in [0.15, 0.2) is 6.61 Å². The molecular formula is C23H24N2O4S. The Kier molecular flexibility index (Phi) is 6.42. The number of rotatable bonds is 7. The van der Waals surface area contributed by atoms with E-state index in [1.54, 1.807) is 24.3 Å². The Morgan fingerprint density at radius 1 is 0.833 bits per heavy atom. The van der Waals surface area contributed by atoms with Crippen LogP contribution in [0.25, 0.3) is 0 Å². The van der Waals surface area contributed by atoms with Crippen molar-refractivity contribution in [1.82, 2.24) is 0 Å². The standard InChI is InChI=1S/C23H24N2O4S/c1-16-7-4-5-10-21(16)25-30(27,28)20-13-11-19(12-14-20)24-22(26)15-29-23-17(2)8-6-9-18(23)3/h4-14,25H,15H2,1-3H3,(H,24,26). The summed E-state index contributed by atoms with van der Waals surface area (Å²) in [5.74, 6) is 0.364. The van der Waals surface area contributed by atoms with Crippen molar-refractivity contribution in [1.29, 1.82) is 0 Å². The molecule has 0 bridgehead atoms. The molecule has 0 aliphatic carbocycles. The molecule has 0 aromatic heterocycles. The number of nitrogens with one attached hydrogen (secondary N) is 2. The first-order valence-electron chi connectivity index (χ1n) is 9.43. The van der Waals surface area contributed by atoms with E-state index in [-0.39, 0.29) is 17.4 Å². The first-order valence-corrected chi connectivity index (χ1v) is 10.9. The van der Waals surface area contributed by atoms with Crippen molar-refractivity contribution in [2.45, 2.75) is 25.7 Å². The summed E-state index contributed by atoms with van der Waals surface area (Å²) >= 11 is 0. The van der Waals surface area contributed by atoms with Gasteiger partial charge in [-0.25, -0.2) is 8.42 Å². The van der Waals surface area contributed by atoms with Gasteiger partial charge in [-0.15, -0.1) is 0 Å². The van der Waals surface area contributed by atoms with E-state index in [1.165, 1.54) is 12.1 Å². The lowest BCUT2D eigenvalue weighted by atomic mass is 10.1. The van der Waals surface area contributed by atoms with Crippen LogP contribution in [0.4, 0.5) is 11.4 Å². The molecule has 0 fully saturated rings. The lowest BCUT2D eigenvalue weighted by Crippen LogP contribution is -2.20. The number of sulfonamides is 1. The minimum absolute atomic E-state index is 0.107. The van der Waals surface area contributed by atoms with Gasteiger partial charge < -0.3 is 10.1 Å². The molecule has 3 aromatic rings. The van der Waals surface area contributed by atoms with Crippen LogP contribution in [0, 0.1) is 20.8 Å². The molecule has 0 atom stereocenters. The van der Waals surface area contributed by atoms with Crippen molar-refractivity contribution < 1.29 is 17.9 Å². The lowest BCUT2D eigenvalue weighted by molar-refractivity contribution is -0.118. The Morgan fingerprint density at radius 3 is 2.07 bits per heavy atom. The molecule has 0 aliphatic rings. The molecule has 3 rings (SSSR count). The SMILES string of the molecule is Cc1ccccc1NS(=O)(=O)c1ccc(NC(=O)COc2c(C)cccc2C)cc1. The molecule has 0 radical (unpaired) electrons. The number of amides is 1. The van der Waals surface area contributed by atoms with Gasteiger partial charge >= 0.3 is 0 Å². The number of benzene rings is 3. The van der Waals surface area contributed by atoms with Gasteiger partial charge in [0.2, 0.25) is 0 Å². The van der Waals surface area contributed by atoms with Crippen LogP contribution in [0.5, 0.6) is 5.75 Å². The van der Waals surface area contributed by atoms with Crippen LogP contribution in [0.2, 0.25) is 0 Å². The average Bonchev–Trinajstić information content (AvgIpc) is 2.70. The van der Waals surface area contributed by atoms with Crippen LogP contribution in [0.1, 0.15) is 16.7 Å². The van der Waals surface area contributed by atoms with Crippen molar-refractivity contribution in [3.05, 3.63) is 83.4 Å². The van der Waals surface area contributed by atoms with Gasteiger partial charge in [0.05, 0.1) is 10.6 Å². The number of hydrogen-bond donors (Lipinski definition) is 2. The molecule has 156 valence electrons. The fourth-order valence-electron chi connectivity index (χ4n) is 2.97. The molecule has 0 saturated heterocycles. The predicted molar refractivity (Wildman–Crippen MR) is 118 cm³/mol. The van der Waals surface area contributed by atoms with Gasteiger partial charge in [0, 0.05) is 5.69 Å². The second kappa shape index (κ2) is 9.00. The smallest absolute Gasteiger partial charge is 0.262 e. The van der Waals surface area contributed by atoms with Crippen LogP contribution in [0.15, 0.2) is 71.6 Å². The summed E-state index contributed by atoms with van der Waals surface area (Å²) in [6.07, 6.45) is 0. The monoisotopic (exact) mass is 424 g/mol. The van der Waals surface area contributed by atoms with Gasteiger partial charge in [0.1, 0.15) is 5.75 Å². The van der Waals surface area contributed by atoms with E-state index in [1.807, 2.05) is 51.1 Å². The molecule has 1 amide bonds. The van der Waals surface area contributed by atoms with Crippen molar-refractivity contribution >= 4 is 27.3 Å². The second-order valence-corrected chi connectivity index (χ2v) is 8.68. The van der Waals surface area contributed by atoms with Crippen molar-refractivity contribution in [3.8, 4) is 5.75 Å². The summed E-state index contributed by atoms with van der Waals surface area (Å²) in [7, 11) is -3.72. The average molecular weight is 425 g/mol. The van der Waals surface area contributed by atoms with Crippen LogP contribution >= 0.6 is 0 Å². The third-order valence-corrected chi connectivity index (χ3v) is 5.98. The zero-order valence-electron chi connectivity index (χ0n) is 17.1. The number of hydrogen-bond acceptors (Lipinski definition) is 4. The summed E-state index contributed by atoms with van der Waals surface area (Å²) < 4.78 is 33.4. The van der Waals surface area contributed by atoms with Gasteiger partial charge in [0.25, 0.3) is 15.9 Å². The maximum atomic E-state index is 12.6. The topological polar surface area (TPSA) is 84.5 Å². The number of anilines is 2. The van der Waals surface area contributed by atoms with Crippen LogP contribution < -0.4 is 14.8 Å². The number of aryl methyl sites for hydroxylation is 3. The molecule has 2 N–H and O–H groups in total. The minimum atomic E-state index is -3.72. The van der Waals surface area contributed by atoms with Gasteiger partial charge in [-0.3, -0.25) is 9.52 Å². The normalized spacial score (nSPS) is 11.0. The number of ether oxygens (including phenoxy) is 1. The maximum absolute atomic E-state index is 12.6. The third kappa shape index (κ3) is 5.18. The highest BCUT2D eigenvalue weighted by atomic mass is 32.2. The summed E-state index contributed by atoms with van der Waals surface area (Å²) in [6, 6.07) is 18.9. The summed E-state index contributed by atoms with van der Waals surface area (Å²) in [5.41, 5.74) is 3.75. The highest BCUT2D eigenvalue weighted by molar-refractivity contribution is 7.92. The Morgan fingerprint density at radius 2 is 1.43 bits per heavy atom. The molecule has 0 unspecified atom stereocenters. The van der Waals surface area contributed by atoms with Crippen LogP contribution in [0.3, 0.4) is 0 Å².